The number of carbonyl (C=O) groups is 1. The number of halogens is 4. The zero-order chi connectivity index (χ0) is 26.2. The number of piperazine rings is 1. The van der Waals surface area contributed by atoms with Crippen molar-refractivity contribution in [3.63, 3.8) is 0 Å². The first-order chi connectivity index (χ1) is 16.9. The van der Waals surface area contributed by atoms with Gasteiger partial charge in [-0.25, -0.2) is 13.2 Å². The van der Waals surface area contributed by atoms with Gasteiger partial charge < -0.3 is 14.5 Å². The fraction of sp³-hybridized carbons (Fsp3) is 0.458. The maximum atomic E-state index is 13.4. The summed E-state index contributed by atoms with van der Waals surface area (Å²) in [6, 6.07) is 10.5. The van der Waals surface area contributed by atoms with Gasteiger partial charge in [-0.3, -0.25) is 0 Å². The van der Waals surface area contributed by atoms with Gasteiger partial charge in [0.05, 0.1) is 26.3 Å². The molecule has 7 nitrogen and oxygen atoms in total. The first-order valence-electron chi connectivity index (χ1n) is 11.5. The molecule has 0 unspecified atom stereocenters. The molecule has 0 saturated carbocycles. The summed E-state index contributed by atoms with van der Waals surface area (Å²) in [7, 11) is -3.28. The van der Waals surface area contributed by atoms with Gasteiger partial charge in [-0.1, -0.05) is 52.5 Å². The normalized spacial score (nSPS) is 22.1. The highest BCUT2D eigenvalue weighted by Gasteiger charge is 2.42. The second kappa shape index (κ2) is 11.1. The number of sulfonamides is 1. The van der Waals surface area contributed by atoms with E-state index < -0.39 is 10.0 Å². The Bertz CT molecular complexity index is 1240. The van der Waals surface area contributed by atoms with Crippen molar-refractivity contribution in [2.45, 2.75) is 18.9 Å². The second-order valence-electron chi connectivity index (χ2n) is 9.18. The van der Waals surface area contributed by atoms with Crippen molar-refractivity contribution < 1.29 is 17.9 Å². The molecule has 2 amide bonds. The number of urea groups is 1. The SMILES string of the molecule is C[C@H](Oc1ccc(Cl)c(Cl)c1)[C@@H]1CN(C(=O)N2CCN(S(C)(=O)=O)CC2)C[C@@H]1c1ccc(Cl)c(Cl)c1. The number of hydrogen-bond donors (Lipinski definition) is 0. The third-order valence-electron chi connectivity index (χ3n) is 6.80. The molecule has 2 aliphatic heterocycles. The van der Waals surface area contributed by atoms with Crippen molar-refractivity contribution >= 4 is 62.5 Å². The molecule has 3 atom stereocenters. The van der Waals surface area contributed by atoms with Crippen LogP contribution in [0, 0.1) is 5.92 Å². The summed E-state index contributed by atoms with van der Waals surface area (Å²) in [6.07, 6.45) is 0.925. The van der Waals surface area contributed by atoms with Crippen LogP contribution in [0.2, 0.25) is 20.1 Å². The van der Waals surface area contributed by atoms with Crippen LogP contribution in [0.5, 0.6) is 5.75 Å². The predicted octanol–water partition coefficient (Wildman–Crippen LogP) is 5.48. The Morgan fingerprint density at radius 3 is 2.08 bits per heavy atom. The molecule has 196 valence electrons. The van der Waals surface area contributed by atoms with Crippen molar-refractivity contribution in [1.82, 2.24) is 14.1 Å². The number of amides is 2. The molecule has 4 rings (SSSR count). The molecule has 0 aliphatic carbocycles. The summed E-state index contributed by atoms with van der Waals surface area (Å²) in [5.41, 5.74) is 0.969. The summed E-state index contributed by atoms with van der Waals surface area (Å²) < 4.78 is 31.3. The molecule has 2 aromatic carbocycles. The van der Waals surface area contributed by atoms with E-state index in [2.05, 4.69) is 0 Å². The Kier molecular flexibility index (Phi) is 8.54. The molecule has 2 fully saturated rings. The highest BCUT2D eigenvalue weighted by atomic mass is 35.5. The average molecular weight is 595 g/mol. The number of nitrogens with zero attached hydrogens (tertiary/aromatic N) is 3. The van der Waals surface area contributed by atoms with Gasteiger partial charge in [0.25, 0.3) is 0 Å². The summed E-state index contributed by atoms with van der Waals surface area (Å²) in [4.78, 5) is 16.9. The van der Waals surface area contributed by atoms with Crippen molar-refractivity contribution in [2.24, 2.45) is 5.92 Å². The van der Waals surface area contributed by atoms with Gasteiger partial charge in [-0.05, 0) is 36.8 Å². The number of likely N-dealkylation sites (tertiary alicyclic amines) is 1. The molecule has 2 saturated heterocycles. The fourth-order valence-corrected chi connectivity index (χ4v) is 6.24. The van der Waals surface area contributed by atoms with Crippen molar-refractivity contribution in [3.05, 3.63) is 62.1 Å². The summed E-state index contributed by atoms with van der Waals surface area (Å²) in [5.74, 6) is 0.503. The lowest BCUT2D eigenvalue weighted by Gasteiger charge is -2.35. The Morgan fingerprint density at radius 1 is 0.889 bits per heavy atom. The van der Waals surface area contributed by atoms with E-state index in [1.165, 1.54) is 10.6 Å². The molecule has 2 heterocycles. The van der Waals surface area contributed by atoms with Gasteiger partial charge in [-0.2, -0.15) is 4.31 Å². The molecule has 0 bridgehead atoms. The van der Waals surface area contributed by atoms with Crippen LogP contribution in [0.4, 0.5) is 4.79 Å². The van der Waals surface area contributed by atoms with Gasteiger partial charge in [0.2, 0.25) is 10.0 Å². The third kappa shape index (κ3) is 6.17. The Morgan fingerprint density at radius 2 is 1.50 bits per heavy atom. The van der Waals surface area contributed by atoms with E-state index in [1.807, 2.05) is 24.0 Å². The van der Waals surface area contributed by atoms with Crippen molar-refractivity contribution in [3.8, 4) is 5.75 Å². The van der Waals surface area contributed by atoms with E-state index in [9.17, 15) is 13.2 Å². The van der Waals surface area contributed by atoms with Crippen LogP contribution in [0.15, 0.2) is 36.4 Å². The molecule has 0 aromatic heterocycles. The Hall–Kier alpha value is -1.42. The van der Waals surface area contributed by atoms with Crippen LogP contribution in [-0.2, 0) is 10.0 Å². The minimum absolute atomic E-state index is 0.0428. The van der Waals surface area contributed by atoms with Crippen LogP contribution in [0.3, 0.4) is 0 Å². The largest absolute Gasteiger partial charge is 0.490 e. The van der Waals surface area contributed by atoms with Gasteiger partial charge >= 0.3 is 6.03 Å². The minimum Gasteiger partial charge on any atom is -0.490 e. The number of carbonyl (C=O) groups excluding carboxylic acids is 1. The number of ether oxygens (including phenoxy) is 1. The zero-order valence-electron chi connectivity index (χ0n) is 19.8. The summed E-state index contributed by atoms with van der Waals surface area (Å²) in [5, 5.41) is 1.76. The number of hydrogen-bond acceptors (Lipinski definition) is 4. The van der Waals surface area contributed by atoms with Gasteiger partial charge in [-0.15, -0.1) is 0 Å². The molecule has 0 spiro atoms. The van der Waals surface area contributed by atoms with E-state index in [0.717, 1.165) is 5.56 Å². The van der Waals surface area contributed by atoms with Crippen LogP contribution >= 0.6 is 46.4 Å². The van der Waals surface area contributed by atoms with Crippen LogP contribution in [0.1, 0.15) is 18.4 Å². The molecular weight excluding hydrogens is 568 g/mol. The standard InChI is InChI=1S/C24H27Cl4N3O4S/c1-15(35-17-4-6-21(26)23(28)12-17)18-13-30(14-19(18)16-3-5-20(25)22(27)11-16)24(32)29-7-9-31(10-8-29)36(2,33)34/h3-6,11-12,15,18-19H,7-10,13-14H2,1-2H3/t15-,18-,19+/m0/s1. The highest BCUT2D eigenvalue weighted by molar-refractivity contribution is 7.88. The van der Waals surface area contributed by atoms with E-state index >= 15 is 0 Å². The predicted molar refractivity (Wildman–Crippen MR) is 144 cm³/mol. The molecule has 0 N–H and O–H groups in total. The monoisotopic (exact) mass is 593 g/mol. The van der Waals surface area contributed by atoms with Gasteiger partial charge in [0.1, 0.15) is 11.9 Å². The smallest absolute Gasteiger partial charge is 0.320 e. The fourth-order valence-electron chi connectivity index (χ4n) is 4.82. The highest BCUT2D eigenvalue weighted by Crippen LogP contribution is 2.39. The van der Waals surface area contributed by atoms with Crippen molar-refractivity contribution in [2.75, 3.05) is 45.5 Å². The molecule has 2 aromatic rings. The quantitative estimate of drug-likeness (QED) is 0.460. The van der Waals surface area contributed by atoms with Crippen LogP contribution in [-0.4, -0.2) is 80.2 Å². The Labute approximate surface area is 231 Å². The maximum Gasteiger partial charge on any atom is 0.320 e. The number of benzene rings is 2. The topological polar surface area (TPSA) is 70.2 Å². The first kappa shape index (κ1) is 27.6. The first-order valence-corrected chi connectivity index (χ1v) is 14.9. The van der Waals surface area contributed by atoms with Crippen LogP contribution in [0.25, 0.3) is 0 Å². The zero-order valence-corrected chi connectivity index (χ0v) is 23.7. The van der Waals surface area contributed by atoms with Gasteiger partial charge in [0, 0.05) is 57.2 Å². The molecule has 12 heteroatoms. The van der Waals surface area contributed by atoms with E-state index in [0.29, 0.717) is 52.0 Å². The lowest BCUT2D eigenvalue weighted by atomic mass is 9.85. The Balaban J connectivity index is 1.53. The number of rotatable bonds is 5. The molecular formula is C24H27Cl4N3O4S. The molecule has 2 aliphatic rings. The molecule has 0 radical (unpaired) electrons. The van der Waals surface area contributed by atoms with Gasteiger partial charge in [0.15, 0.2) is 0 Å². The van der Waals surface area contributed by atoms with E-state index in [4.69, 9.17) is 51.1 Å². The van der Waals surface area contributed by atoms with Crippen molar-refractivity contribution in [1.29, 1.82) is 0 Å². The summed E-state index contributed by atoms with van der Waals surface area (Å²) >= 11 is 24.7. The third-order valence-corrected chi connectivity index (χ3v) is 9.58. The lowest BCUT2D eigenvalue weighted by molar-refractivity contribution is 0.129. The maximum absolute atomic E-state index is 13.4. The van der Waals surface area contributed by atoms with E-state index in [-0.39, 0.29) is 37.1 Å². The minimum atomic E-state index is -3.28. The molecule has 36 heavy (non-hydrogen) atoms. The van der Waals surface area contributed by atoms with Crippen LogP contribution < -0.4 is 4.74 Å². The van der Waals surface area contributed by atoms with E-state index in [1.54, 1.807) is 29.2 Å². The lowest BCUT2D eigenvalue weighted by Crippen LogP contribution is -2.53. The summed E-state index contributed by atoms with van der Waals surface area (Å²) in [6.45, 7) is 4.18. The second-order valence-corrected chi connectivity index (χ2v) is 12.8. The average Bonchev–Trinajstić information content (AvgIpc) is 3.28.